The molecule has 0 amide bonds. The number of carbonyl (C=O) groups excluding carboxylic acids is 1. The van der Waals surface area contributed by atoms with E-state index in [1.54, 1.807) is 12.1 Å². The topological polar surface area (TPSA) is 39.2 Å². The van der Waals surface area contributed by atoms with Crippen LogP contribution in [0.1, 0.15) is 16.2 Å². The number of hydrogen-bond acceptors (Lipinski definition) is 3. The van der Waals surface area contributed by atoms with Crippen LogP contribution in [0.5, 0.6) is 5.75 Å². The number of ether oxygens (including phenoxy) is 1. The molecule has 1 aliphatic rings. The van der Waals surface area contributed by atoms with Gasteiger partial charge in [0.15, 0.2) is 6.29 Å². The van der Waals surface area contributed by atoms with Crippen molar-refractivity contribution >= 4 is 6.29 Å². The third-order valence-corrected chi connectivity index (χ3v) is 1.67. The fourth-order valence-corrected chi connectivity index (χ4v) is 1.14. The van der Waals surface area contributed by atoms with Crippen LogP contribution >= 0.6 is 0 Å². The average molecular weight is 149 g/mol. The van der Waals surface area contributed by atoms with Crippen molar-refractivity contribution in [3.63, 3.8) is 0 Å². The molecule has 0 bridgehead atoms. The predicted molar refractivity (Wildman–Crippen MR) is 38.8 cm³/mol. The van der Waals surface area contributed by atoms with Crippen molar-refractivity contribution in [2.75, 3.05) is 6.61 Å². The zero-order chi connectivity index (χ0) is 7.68. The van der Waals surface area contributed by atoms with Gasteiger partial charge in [-0.15, -0.1) is 0 Å². The molecular weight excluding hydrogens is 142 g/mol. The number of aldehydes is 1. The van der Waals surface area contributed by atoms with Crippen molar-refractivity contribution in [2.45, 2.75) is 6.42 Å². The zero-order valence-electron chi connectivity index (χ0n) is 5.91. The lowest BCUT2D eigenvalue weighted by Gasteiger charge is -1.96. The fourth-order valence-electron chi connectivity index (χ4n) is 1.14. The lowest BCUT2D eigenvalue weighted by molar-refractivity contribution is 0.111. The van der Waals surface area contributed by atoms with E-state index in [1.165, 1.54) is 0 Å². The molecule has 3 nitrogen and oxygen atoms in total. The van der Waals surface area contributed by atoms with Crippen molar-refractivity contribution in [3.05, 3.63) is 23.5 Å². The van der Waals surface area contributed by atoms with Gasteiger partial charge in [0.05, 0.1) is 12.3 Å². The molecule has 0 aromatic carbocycles. The van der Waals surface area contributed by atoms with Crippen LogP contribution in [0.15, 0.2) is 12.1 Å². The van der Waals surface area contributed by atoms with Crippen LogP contribution in [0.25, 0.3) is 0 Å². The summed E-state index contributed by atoms with van der Waals surface area (Å²) in [6.07, 6.45) is 1.57. The van der Waals surface area contributed by atoms with Crippen LogP contribution in [-0.4, -0.2) is 17.9 Å². The summed E-state index contributed by atoms with van der Waals surface area (Å²) in [5.41, 5.74) is 1.38. The van der Waals surface area contributed by atoms with E-state index in [-0.39, 0.29) is 0 Å². The van der Waals surface area contributed by atoms with Crippen molar-refractivity contribution in [3.8, 4) is 5.75 Å². The summed E-state index contributed by atoms with van der Waals surface area (Å²) in [6.45, 7) is 0.685. The minimum Gasteiger partial charge on any atom is -0.491 e. The van der Waals surface area contributed by atoms with E-state index in [9.17, 15) is 4.79 Å². The first kappa shape index (κ1) is 6.34. The standard InChI is InChI=1S/C8H7NO2/c10-5-6-1-2-8-7(9-6)3-4-11-8/h1-2,5H,3-4H2. The van der Waals surface area contributed by atoms with Crippen molar-refractivity contribution in [1.82, 2.24) is 4.98 Å². The Morgan fingerprint density at radius 2 is 2.45 bits per heavy atom. The SMILES string of the molecule is O=Cc1ccc2c(n1)CCO2. The summed E-state index contributed by atoms with van der Waals surface area (Å²) in [4.78, 5) is 14.4. The first-order valence-electron chi connectivity index (χ1n) is 3.48. The lowest BCUT2D eigenvalue weighted by atomic mass is 10.2. The van der Waals surface area contributed by atoms with E-state index >= 15 is 0 Å². The zero-order valence-corrected chi connectivity index (χ0v) is 5.91. The number of nitrogens with zero attached hydrogens (tertiary/aromatic N) is 1. The maximum atomic E-state index is 10.3. The number of hydrogen-bond donors (Lipinski definition) is 0. The molecule has 0 fully saturated rings. The van der Waals surface area contributed by atoms with Crippen LogP contribution in [0.4, 0.5) is 0 Å². The Balaban J connectivity index is 2.48. The van der Waals surface area contributed by atoms with Gasteiger partial charge in [0, 0.05) is 6.42 Å². The van der Waals surface area contributed by atoms with E-state index in [0.717, 1.165) is 24.2 Å². The molecule has 0 saturated heterocycles. The molecule has 2 rings (SSSR count). The summed E-state index contributed by atoms with van der Waals surface area (Å²) in [5, 5.41) is 0. The molecule has 56 valence electrons. The molecule has 11 heavy (non-hydrogen) atoms. The van der Waals surface area contributed by atoms with Crippen LogP contribution in [0, 0.1) is 0 Å². The summed E-state index contributed by atoms with van der Waals surface area (Å²) < 4.78 is 5.22. The van der Waals surface area contributed by atoms with Gasteiger partial charge in [-0.25, -0.2) is 4.98 Å². The minimum atomic E-state index is 0.481. The Morgan fingerprint density at radius 3 is 3.27 bits per heavy atom. The highest BCUT2D eigenvalue weighted by atomic mass is 16.5. The Bertz CT molecular complexity index is 296. The maximum absolute atomic E-state index is 10.3. The Labute approximate surface area is 64.0 Å². The molecule has 1 aliphatic heterocycles. The van der Waals surface area contributed by atoms with Gasteiger partial charge < -0.3 is 4.74 Å². The fraction of sp³-hybridized carbons (Fsp3) is 0.250. The van der Waals surface area contributed by atoms with Gasteiger partial charge in [0.2, 0.25) is 0 Å². The van der Waals surface area contributed by atoms with Crippen LogP contribution in [-0.2, 0) is 6.42 Å². The van der Waals surface area contributed by atoms with Gasteiger partial charge in [-0.2, -0.15) is 0 Å². The molecule has 0 unspecified atom stereocenters. The first-order chi connectivity index (χ1) is 5.40. The number of aromatic nitrogens is 1. The molecule has 0 saturated carbocycles. The van der Waals surface area contributed by atoms with E-state index in [4.69, 9.17) is 4.74 Å². The highest BCUT2D eigenvalue weighted by Gasteiger charge is 2.12. The Hall–Kier alpha value is -1.38. The number of rotatable bonds is 1. The van der Waals surface area contributed by atoms with Crippen LogP contribution < -0.4 is 4.74 Å². The third-order valence-electron chi connectivity index (χ3n) is 1.67. The summed E-state index contributed by atoms with van der Waals surface area (Å²) in [5.74, 6) is 0.815. The van der Waals surface area contributed by atoms with E-state index in [2.05, 4.69) is 4.98 Å². The van der Waals surface area contributed by atoms with Crippen molar-refractivity contribution < 1.29 is 9.53 Å². The minimum absolute atomic E-state index is 0.481. The summed E-state index contributed by atoms with van der Waals surface area (Å²) in [6, 6.07) is 3.45. The van der Waals surface area contributed by atoms with Crippen LogP contribution in [0.2, 0.25) is 0 Å². The van der Waals surface area contributed by atoms with Gasteiger partial charge in [-0.3, -0.25) is 4.79 Å². The second-order valence-corrected chi connectivity index (χ2v) is 2.40. The molecular formula is C8H7NO2. The molecule has 1 aromatic rings. The van der Waals surface area contributed by atoms with E-state index in [1.807, 2.05) is 0 Å². The van der Waals surface area contributed by atoms with Gasteiger partial charge in [0.25, 0.3) is 0 Å². The quantitative estimate of drug-likeness (QED) is 0.555. The first-order valence-corrected chi connectivity index (χ1v) is 3.48. The second kappa shape index (κ2) is 2.34. The number of carbonyl (C=O) groups is 1. The van der Waals surface area contributed by atoms with E-state index < -0.39 is 0 Å². The molecule has 2 heterocycles. The second-order valence-electron chi connectivity index (χ2n) is 2.40. The Kier molecular flexibility index (Phi) is 1.35. The van der Waals surface area contributed by atoms with Crippen molar-refractivity contribution in [1.29, 1.82) is 0 Å². The molecule has 1 aromatic heterocycles. The largest absolute Gasteiger partial charge is 0.491 e. The lowest BCUT2D eigenvalue weighted by Crippen LogP contribution is -1.90. The highest BCUT2D eigenvalue weighted by molar-refractivity contribution is 5.72. The average Bonchev–Trinajstić information content (AvgIpc) is 2.50. The number of pyridine rings is 1. The van der Waals surface area contributed by atoms with Gasteiger partial charge in [-0.05, 0) is 12.1 Å². The van der Waals surface area contributed by atoms with Crippen LogP contribution in [0.3, 0.4) is 0 Å². The smallest absolute Gasteiger partial charge is 0.168 e. The highest BCUT2D eigenvalue weighted by Crippen LogP contribution is 2.22. The summed E-state index contributed by atoms with van der Waals surface area (Å²) >= 11 is 0. The van der Waals surface area contributed by atoms with Crippen molar-refractivity contribution in [2.24, 2.45) is 0 Å². The monoisotopic (exact) mass is 149 g/mol. The predicted octanol–water partition coefficient (Wildman–Crippen LogP) is 0.829. The molecule has 0 N–H and O–H groups in total. The van der Waals surface area contributed by atoms with Gasteiger partial charge in [-0.1, -0.05) is 0 Å². The normalized spacial score (nSPS) is 13.8. The maximum Gasteiger partial charge on any atom is 0.168 e. The molecule has 0 spiro atoms. The third kappa shape index (κ3) is 0.981. The number of fused-ring (bicyclic) bond motifs is 1. The molecule has 0 radical (unpaired) electrons. The van der Waals surface area contributed by atoms with Gasteiger partial charge in [0.1, 0.15) is 11.4 Å². The molecule has 3 heteroatoms. The Morgan fingerprint density at radius 1 is 1.55 bits per heavy atom. The van der Waals surface area contributed by atoms with E-state index in [0.29, 0.717) is 12.3 Å². The van der Waals surface area contributed by atoms with Gasteiger partial charge >= 0.3 is 0 Å². The summed E-state index contributed by atoms with van der Waals surface area (Å²) in [7, 11) is 0. The molecule has 0 aliphatic carbocycles. The molecule has 0 atom stereocenters.